The van der Waals surface area contributed by atoms with Gasteiger partial charge in [0.15, 0.2) is 0 Å². The van der Waals surface area contributed by atoms with E-state index in [1.54, 1.807) is 0 Å². The zero-order chi connectivity index (χ0) is 25.2. The van der Waals surface area contributed by atoms with Crippen molar-refractivity contribution in [3.63, 3.8) is 0 Å². The van der Waals surface area contributed by atoms with Crippen LogP contribution in [0, 0.1) is 0 Å². The number of amides is 2. The number of carbonyl (C=O) groups excluding carboxylic acids is 2. The van der Waals surface area contributed by atoms with Crippen LogP contribution >= 0.6 is 0 Å². The molecule has 0 heterocycles. The fraction of sp³-hybridized carbons (Fsp3) is 0.818. The van der Waals surface area contributed by atoms with E-state index in [0.717, 1.165) is 0 Å². The maximum absolute atomic E-state index is 12.8. The average molecular weight is 475 g/mol. The molecule has 2 atom stereocenters. The van der Waals surface area contributed by atoms with Crippen molar-refractivity contribution in [1.82, 2.24) is 21.3 Å². The Morgan fingerprint density at radius 1 is 0.758 bits per heavy atom. The Labute approximate surface area is 196 Å². The SMILES string of the molecule is CC(C)NCCOCCNC(=O)[C@H](CCCC(=O)O)NC(=O)[C@H](CCCC(=O)O)NC(C)C. The molecule has 0 aliphatic heterocycles. The van der Waals surface area contributed by atoms with Crippen LogP contribution in [0.3, 0.4) is 0 Å². The molecule has 0 aromatic rings. The third kappa shape index (κ3) is 17.9. The molecule has 0 saturated heterocycles. The monoisotopic (exact) mass is 474 g/mol. The number of rotatable bonds is 20. The zero-order valence-corrected chi connectivity index (χ0v) is 20.3. The third-order valence-electron chi connectivity index (χ3n) is 4.60. The average Bonchev–Trinajstić information content (AvgIpc) is 2.70. The van der Waals surface area contributed by atoms with Gasteiger partial charge in [-0.3, -0.25) is 19.2 Å². The highest BCUT2D eigenvalue weighted by Gasteiger charge is 2.26. The summed E-state index contributed by atoms with van der Waals surface area (Å²) >= 11 is 0. The minimum atomic E-state index is -0.975. The van der Waals surface area contributed by atoms with Crippen LogP contribution in [0.1, 0.15) is 66.2 Å². The molecule has 0 spiro atoms. The molecule has 0 radical (unpaired) electrons. The van der Waals surface area contributed by atoms with Crippen molar-refractivity contribution >= 4 is 23.8 Å². The molecule has 0 rings (SSSR count). The van der Waals surface area contributed by atoms with E-state index in [9.17, 15) is 19.2 Å². The van der Waals surface area contributed by atoms with Gasteiger partial charge in [-0.2, -0.15) is 0 Å². The lowest BCUT2D eigenvalue weighted by Gasteiger charge is -2.24. The van der Waals surface area contributed by atoms with Crippen molar-refractivity contribution in [3.8, 4) is 0 Å². The highest BCUT2D eigenvalue weighted by molar-refractivity contribution is 5.89. The molecule has 0 saturated carbocycles. The van der Waals surface area contributed by atoms with Crippen molar-refractivity contribution in [2.24, 2.45) is 0 Å². The summed E-state index contributed by atoms with van der Waals surface area (Å²) in [5, 5.41) is 29.5. The molecule has 0 aliphatic carbocycles. The van der Waals surface area contributed by atoms with Crippen LogP contribution < -0.4 is 21.3 Å². The van der Waals surface area contributed by atoms with E-state index >= 15 is 0 Å². The summed E-state index contributed by atoms with van der Waals surface area (Å²) in [7, 11) is 0. The van der Waals surface area contributed by atoms with Crippen molar-refractivity contribution in [2.75, 3.05) is 26.3 Å². The molecule has 11 nitrogen and oxygen atoms in total. The lowest BCUT2D eigenvalue weighted by molar-refractivity contribution is -0.138. The molecule has 11 heteroatoms. The summed E-state index contributed by atoms with van der Waals surface area (Å²) in [6.45, 7) is 9.58. The van der Waals surface area contributed by atoms with Crippen LogP contribution in [0.15, 0.2) is 0 Å². The van der Waals surface area contributed by atoms with Crippen LogP contribution in [-0.4, -0.2) is 84.4 Å². The van der Waals surface area contributed by atoms with E-state index in [-0.39, 0.29) is 38.3 Å². The first-order valence-electron chi connectivity index (χ1n) is 11.6. The van der Waals surface area contributed by atoms with Gasteiger partial charge in [0.2, 0.25) is 11.8 Å². The highest BCUT2D eigenvalue weighted by atomic mass is 16.5. The number of carboxylic acids is 2. The number of hydrogen-bond donors (Lipinski definition) is 6. The maximum atomic E-state index is 12.8. The minimum Gasteiger partial charge on any atom is -0.481 e. The number of nitrogens with one attached hydrogen (secondary N) is 4. The Bertz CT molecular complexity index is 599. The van der Waals surface area contributed by atoms with Gasteiger partial charge in [0.25, 0.3) is 0 Å². The van der Waals surface area contributed by atoms with Gasteiger partial charge < -0.3 is 36.2 Å². The fourth-order valence-corrected chi connectivity index (χ4v) is 3.04. The van der Waals surface area contributed by atoms with Crippen molar-refractivity contribution in [2.45, 2.75) is 90.4 Å². The minimum absolute atomic E-state index is 0.0211. The largest absolute Gasteiger partial charge is 0.481 e. The van der Waals surface area contributed by atoms with Crippen molar-refractivity contribution < 1.29 is 34.1 Å². The molecule has 0 bridgehead atoms. The van der Waals surface area contributed by atoms with Gasteiger partial charge in [0.05, 0.1) is 19.3 Å². The van der Waals surface area contributed by atoms with Gasteiger partial charge in [-0.05, 0) is 25.7 Å². The van der Waals surface area contributed by atoms with Gasteiger partial charge >= 0.3 is 11.9 Å². The van der Waals surface area contributed by atoms with Gasteiger partial charge in [0, 0.05) is 38.0 Å². The van der Waals surface area contributed by atoms with Crippen LogP contribution in [0.4, 0.5) is 0 Å². The second-order valence-corrected chi connectivity index (χ2v) is 8.52. The second kappa shape index (κ2) is 18.2. The number of ether oxygens (including phenoxy) is 1. The first kappa shape index (κ1) is 30.8. The van der Waals surface area contributed by atoms with Crippen molar-refractivity contribution in [3.05, 3.63) is 0 Å². The molecular formula is C22H42N4O7. The standard InChI is InChI=1S/C22H42N4O7/c1-15(2)23-11-13-33-14-12-24-21(31)17(7-5-9-19(27)28)26-22(32)18(25-16(3)4)8-6-10-20(29)30/h15-18,23,25H,5-14H2,1-4H3,(H,24,31)(H,26,32)(H,27,28)(H,29,30)/t17-,18-/m0/s1. The Hall–Kier alpha value is -2.24. The maximum Gasteiger partial charge on any atom is 0.303 e. The van der Waals surface area contributed by atoms with E-state index < -0.39 is 35.8 Å². The zero-order valence-electron chi connectivity index (χ0n) is 20.3. The lowest BCUT2D eigenvalue weighted by atomic mass is 10.0. The summed E-state index contributed by atoms with van der Waals surface area (Å²) < 4.78 is 5.45. The van der Waals surface area contributed by atoms with Crippen LogP contribution in [-0.2, 0) is 23.9 Å². The number of hydrogen-bond acceptors (Lipinski definition) is 7. The number of aliphatic carboxylic acids is 2. The van der Waals surface area contributed by atoms with Gasteiger partial charge in [-0.1, -0.05) is 27.7 Å². The van der Waals surface area contributed by atoms with E-state index in [1.807, 2.05) is 27.7 Å². The molecule has 2 amide bonds. The van der Waals surface area contributed by atoms with Crippen LogP contribution in [0.5, 0.6) is 0 Å². The van der Waals surface area contributed by atoms with Gasteiger partial charge in [-0.15, -0.1) is 0 Å². The third-order valence-corrected chi connectivity index (χ3v) is 4.60. The summed E-state index contributed by atoms with van der Waals surface area (Å²) in [4.78, 5) is 47.1. The first-order chi connectivity index (χ1) is 15.5. The summed E-state index contributed by atoms with van der Waals surface area (Å²) in [6.07, 6.45) is 0.847. The molecule has 0 unspecified atom stereocenters. The van der Waals surface area contributed by atoms with E-state index in [1.165, 1.54) is 0 Å². The Kier molecular flexibility index (Phi) is 17.0. The Balaban J connectivity index is 4.81. The predicted molar refractivity (Wildman–Crippen MR) is 124 cm³/mol. The number of carbonyl (C=O) groups is 4. The highest BCUT2D eigenvalue weighted by Crippen LogP contribution is 2.07. The van der Waals surface area contributed by atoms with E-state index in [4.69, 9.17) is 14.9 Å². The second-order valence-electron chi connectivity index (χ2n) is 8.52. The normalized spacial score (nSPS) is 13.0. The Morgan fingerprint density at radius 3 is 1.82 bits per heavy atom. The van der Waals surface area contributed by atoms with Crippen LogP contribution in [0.2, 0.25) is 0 Å². The smallest absolute Gasteiger partial charge is 0.303 e. The molecule has 0 fully saturated rings. The fourth-order valence-electron chi connectivity index (χ4n) is 3.04. The van der Waals surface area contributed by atoms with E-state index in [0.29, 0.717) is 38.6 Å². The summed E-state index contributed by atoms with van der Waals surface area (Å²) in [5.41, 5.74) is 0. The van der Waals surface area contributed by atoms with E-state index in [2.05, 4.69) is 21.3 Å². The summed E-state index contributed by atoms with van der Waals surface area (Å²) in [5.74, 6) is -2.74. The number of carboxylic acid groups (broad SMARTS) is 2. The lowest BCUT2D eigenvalue weighted by Crippen LogP contribution is -2.54. The van der Waals surface area contributed by atoms with Crippen LogP contribution in [0.25, 0.3) is 0 Å². The molecule has 0 aliphatic rings. The predicted octanol–water partition coefficient (Wildman–Crippen LogP) is 0.478. The molecule has 0 aromatic heterocycles. The van der Waals surface area contributed by atoms with Gasteiger partial charge in [0.1, 0.15) is 6.04 Å². The first-order valence-corrected chi connectivity index (χ1v) is 11.6. The molecular weight excluding hydrogens is 432 g/mol. The quantitative estimate of drug-likeness (QED) is 0.138. The topological polar surface area (TPSA) is 166 Å². The molecule has 192 valence electrons. The molecule has 0 aromatic carbocycles. The Morgan fingerprint density at radius 2 is 1.30 bits per heavy atom. The van der Waals surface area contributed by atoms with Gasteiger partial charge in [-0.25, -0.2) is 0 Å². The molecule has 6 N–H and O–H groups in total. The summed E-state index contributed by atoms with van der Waals surface area (Å²) in [6, 6.07) is -1.21. The molecule has 33 heavy (non-hydrogen) atoms. The van der Waals surface area contributed by atoms with Crippen molar-refractivity contribution in [1.29, 1.82) is 0 Å².